The number of hydrogen-bond acceptors (Lipinski definition) is 4. The van der Waals surface area contributed by atoms with Crippen LogP contribution in [0.25, 0.3) is 0 Å². The Kier molecular flexibility index (Phi) is 4.99. The van der Waals surface area contributed by atoms with Gasteiger partial charge in [-0.3, -0.25) is 4.79 Å². The third-order valence-corrected chi connectivity index (χ3v) is 3.22. The van der Waals surface area contributed by atoms with Crippen molar-refractivity contribution >= 4 is 23.3 Å². The molecule has 5 nitrogen and oxygen atoms in total. The molecule has 1 heterocycles. The van der Waals surface area contributed by atoms with Gasteiger partial charge in [-0.05, 0) is 31.2 Å². The fourth-order valence-corrected chi connectivity index (χ4v) is 1.82. The maximum atomic E-state index is 11.8. The standard InChI is InChI=1S/C13H18ClN3O2/c14-11-7-17-12(15)6-10(11)13(18)16-4-1-5-19-8-9-2-3-9/h6-7,9H,1-5,8H2,(H2,15,17)(H,16,18). The molecule has 0 spiro atoms. The zero-order valence-electron chi connectivity index (χ0n) is 10.7. The van der Waals surface area contributed by atoms with Gasteiger partial charge < -0.3 is 15.8 Å². The maximum absolute atomic E-state index is 11.8. The van der Waals surface area contributed by atoms with Crippen molar-refractivity contribution in [3.63, 3.8) is 0 Å². The highest BCUT2D eigenvalue weighted by Gasteiger charge is 2.20. The third kappa shape index (κ3) is 4.69. The molecule has 0 unspecified atom stereocenters. The molecule has 0 radical (unpaired) electrons. The van der Waals surface area contributed by atoms with E-state index < -0.39 is 0 Å². The summed E-state index contributed by atoms with van der Waals surface area (Å²) in [5, 5.41) is 3.09. The number of carbonyl (C=O) groups excluding carboxylic acids is 1. The van der Waals surface area contributed by atoms with Crippen molar-refractivity contribution in [3.05, 3.63) is 22.8 Å². The van der Waals surface area contributed by atoms with Gasteiger partial charge >= 0.3 is 0 Å². The summed E-state index contributed by atoms with van der Waals surface area (Å²) in [6.45, 7) is 2.08. The number of anilines is 1. The minimum Gasteiger partial charge on any atom is -0.384 e. The largest absolute Gasteiger partial charge is 0.384 e. The molecule has 0 atom stereocenters. The van der Waals surface area contributed by atoms with Crippen molar-refractivity contribution in [2.45, 2.75) is 19.3 Å². The number of halogens is 1. The van der Waals surface area contributed by atoms with Crippen LogP contribution in [0.5, 0.6) is 0 Å². The van der Waals surface area contributed by atoms with Gasteiger partial charge in [0.05, 0.1) is 10.6 Å². The Bertz CT molecular complexity index is 450. The molecule has 1 aliphatic rings. The van der Waals surface area contributed by atoms with E-state index in [9.17, 15) is 4.79 Å². The average Bonchev–Trinajstić information content (AvgIpc) is 3.20. The quantitative estimate of drug-likeness (QED) is 0.749. The Morgan fingerprint density at radius 2 is 2.37 bits per heavy atom. The van der Waals surface area contributed by atoms with Gasteiger partial charge in [0.2, 0.25) is 0 Å². The van der Waals surface area contributed by atoms with Crippen LogP contribution in [0.4, 0.5) is 5.82 Å². The van der Waals surface area contributed by atoms with E-state index in [4.69, 9.17) is 22.1 Å². The summed E-state index contributed by atoms with van der Waals surface area (Å²) in [5.74, 6) is 0.816. The highest BCUT2D eigenvalue weighted by atomic mass is 35.5. The van der Waals surface area contributed by atoms with E-state index in [1.54, 1.807) is 0 Å². The van der Waals surface area contributed by atoms with Crippen molar-refractivity contribution < 1.29 is 9.53 Å². The van der Waals surface area contributed by atoms with Crippen LogP contribution in [0.15, 0.2) is 12.3 Å². The van der Waals surface area contributed by atoms with Crippen molar-refractivity contribution in [1.82, 2.24) is 10.3 Å². The minimum absolute atomic E-state index is 0.235. The highest BCUT2D eigenvalue weighted by molar-refractivity contribution is 6.33. The summed E-state index contributed by atoms with van der Waals surface area (Å²) in [7, 11) is 0. The number of aromatic nitrogens is 1. The lowest BCUT2D eigenvalue weighted by Crippen LogP contribution is -2.25. The molecule has 19 heavy (non-hydrogen) atoms. The van der Waals surface area contributed by atoms with Crippen LogP contribution in [0, 0.1) is 5.92 Å². The van der Waals surface area contributed by atoms with E-state index >= 15 is 0 Å². The lowest BCUT2D eigenvalue weighted by Gasteiger charge is -2.07. The number of hydrogen-bond donors (Lipinski definition) is 2. The Balaban J connectivity index is 1.66. The molecular formula is C13H18ClN3O2. The molecule has 0 aliphatic heterocycles. The first-order valence-corrected chi connectivity index (χ1v) is 6.81. The molecule has 0 bridgehead atoms. The van der Waals surface area contributed by atoms with Crippen LogP contribution in [-0.4, -0.2) is 30.6 Å². The fourth-order valence-electron chi connectivity index (χ4n) is 1.63. The molecule has 1 aromatic heterocycles. The number of nitrogens with two attached hydrogens (primary N) is 1. The number of rotatable bonds is 7. The second-order valence-electron chi connectivity index (χ2n) is 4.72. The SMILES string of the molecule is Nc1cc(C(=O)NCCCOCC2CC2)c(Cl)cn1. The van der Waals surface area contributed by atoms with Crippen molar-refractivity contribution in [2.75, 3.05) is 25.5 Å². The molecule has 6 heteroatoms. The number of nitrogens with zero attached hydrogens (tertiary/aromatic N) is 1. The summed E-state index contributed by atoms with van der Waals surface area (Å²) in [5.41, 5.74) is 5.88. The Morgan fingerprint density at radius 1 is 1.58 bits per heavy atom. The summed E-state index contributed by atoms with van der Waals surface area (Å²) in [6.07, 6.45) is 4.75. The molecule has 1 fully saturated rings. The van der Waals surface area contributed by atoms with E-state index in [-0.39, 0.29) is 11.7 Å². The van der Waals surface area contributed by atoms with Gasteiger partial charge in [0.15, 0.2) is 0 Å². The second kappa shape index (κ2) is 6.73. The number of nitrogen functional groups attached to an aromatic ring is 1. The van der Waals surface area contributed by atoms with Crippen molar-refractivity contribution in [2.24, 2.45) is 5.92 Å². The second-order valence-corrected chi connectivity index (χ2v) is 5.12. The topological polar surface area (TPSA) is 77.2 Å². The number of nitrogens with one attached hydrogen (secondary N) is 1. The monoisotopic (exact) mass is 283 g/mol. The maximum Gasteiger partial charge on any atom is 0.252 e. The smallest absolute Gasteiger partial charge is 0.252 e. The Morgan fingerprint density at radius 3 is 3.11 bits per heavy atom. The minimum atomic E-state index is -0.235. The van der Waals surface area contributed by atoms with Gasteiger partial charge in [-0.1, -0.05) is 11.6 Å². The lowest BCUT2D eigenvalue weighted by atomic mass is 10.2. The first kappa shape index (κ1) is 14.1. The predicted molar refractivity (Wildman–Crippen MR) is 74.2 cm³/mol. The highest BCUT2D eigenvalue weighted by Crippen LogP contribution is 2.28. The Labute approximate surface area is 117 Å². The number of pyridine rings is 1. The van der Waals surface area contributed by atoms with Gasteiger partial charge in [-0.2, -0.15) is 0 Å². The van der Waals surface area contributed by atoms with Gasteiger partial charge in [-0.25, -0.2) is 4.98 Å². The van der Waals surface area contributed by atoms with Gasteiger partial charge in [0.25, 0.3) is 5.91 Å². The zero-order valence-corrected chi connectivity index (χ0v) is 11.4. The van der Waals surface area contributed by atoms with Gasteiger partial charge in [0.1, 0.15) is 5.82 Å². The molecule has 1 saturated carbocycles. The number of carbonyl (C=O) groups is 1. The molecule has 1 amide bonds. The summed E-state index contributed by atoms with van der Waals surface area (Å²) in [6, 6.07) is 1.47. The number of amides is 1. The van der Waals surface area contributed by atoms with Crippen LogP contribution in [-0.2, 0) is 4.74 Å². The first-order valence-electron chi connectivity index (χ1n) is 6.44. The normalized spacial score (nSPS) is 14.4. The molecule has 104 valence electrons. The number of ether oxygens (including phenoxy) is 1. The summed E-state index contributed by atoms with van der Waals surface area (Å²) >= 11 is 5.89. The lowest BCUT2D eigenvalue weighted by molar-refractivity contribution is 0.0937. The van der Waals surface area contributed by atoms with Crippen molar-refractivity contribution in [3.8, 4) is 0 Å². The Hall–Kier alpha value is -1.33. The average molecular weight is 284 g/mol. The van der Waals surface area contributed by atoms with Gasteiger partial charge in [-0.15, -0.1) is 0 Å². The molecule has 0 saturated heterocycles. The molecule has 1 aliphatic carbocycles. The van der Waals surface area contributed by atoms with Crippen LogP contribution in [0.3, 0.4) is 0 Å². The van der Waals surface area contributed by atoms with E-state index in [0.717, 1.165) is 18.9 Å². The first-order chi connectivity index (χ1) is 9.16. The fraction of sp³-hybridized carbons (Fsp3) is 0.538. The zero-order chi connectivity index (χ0) is 13.7. The molecule has 0 aromatic carbocycles. The summed E-state index contributed by atoms with van der Waals surface area (Å²) in [4.78, 5) is 15.7. The van der Waals surface area contributed by atoms with E-state index in [0.29, 0.717) is 23.7 Å². The third-order valence-electron chi connectivity index (χ3n) is 2.92. The van der Waals surface area contributed by atoms with E-state index in [1.165, 1.54) is 25.1 Å². The van der Waals surface area contributed by atoms with Crippen LogP contribution >= 0.6 is 11.6 Å². The molecule has 3 N–H and O–H groups in total. The van der Waals surface area contributed by atoms with Crippen LogP contribution in [0.2, 0.25) is 5.02 Å². The van der Waals surface area contributed by atoms with Gasteiger partial charge in [0, 0.05) is 26.0 Å². The predicted octanol–water partition coefficient (Wildman–Crippen LogP) is 1.86. The van der Waals surface area contributed by atoms with E-state index in [1.807, 2.05) is 0 Å². The molecule has 2 rings (SSSR count). The van der Waals surface area contributed by atoms with Crippen LogP contribution < -0.4 is 11.1 Å². The summed E-state index contributed by atoms with van der Waals surface area (Å²) < 4.78 is 5.48. The van der Waals surface area contributed by atoms with Crippen LogP contribution in [0.1, 0.15) is 29.6 Å². The molecular weight excluding hydrogens is 266 g/mol. The van der Waals surface area contributed by atoms with Crippen molar-refractivity contribution in [1.29, 1.82) is 0 Å². The van der Waals surface area contributed by atoms with E-state index in [2.05, 4.69) is 10.3 Å². The molecule has 1 aromatic rings.